The van der Waals surface area contributed by atoms with E-state index in [-0.39, 0.29) is 22.5 Å². The number of aliphatic hydroxyl groups is 1. The molecule has 1 aliphatic rings. The Morgan fingerprint density at radius 2 is 1.61 bits per heavy atom. The average molecular weight is 488 g/mol. The molecule has 0 spiro atoms. The van der Waals surface area contributed by atoms with Gasteiger partial charge in [-0.1, -0.05) is 32.9 Å². The molecule has 1 saturated heterocycles. The van der Waals surface area contributed by atoms with Crippen LogP contribution in [0.4, 0.5) is 5.69 Å². The molecule has 0 saturated carbocycles. The van der Waals surface area contributed by atoms with Crippen molar-refractivity contribution in [3.8, 4) is 17.2 Å². The lowest BCUT2D eigenvalue weighted by molar-refractivity contribution is -0.132. The van der Waals surface area contributed by atoms with Crippen molar-refractivity contribution in [2.45, 2.75) is 32.2 Å². The molecule has 36 heavy (non-hydrogen) atoms. The molecule has 1 atom stereocenters. The second-order valence-electron chi connectivity index (χ2n) is 9.63. The molecule has 7 heteroatoms. The van der Waals surface area contributed by atoms with Crippen molar-refractivity contribution in [2.75, 3.05) is 19.1 Å². The van der Waals surface area contributed by atoms with Gasteiger partial charge >= 0.3 is 0 Å². The van der Waals surface area contributed by atoms with Crippen LogP contribution in [0.3, 0.4) is 0 Å². The summed E-state index contributed by atoms with van der Waals surface area (Å²) >= 11 is 0. The van der Waals surface area contributed by atoms with E-state index in [4.69, 9.17) is 9.47 Å². The minimum absolute atomic E-state index is 0.0210. The number of hydrogen-bond donors (Lipinski definition) is 2. The summed E-state index contributed by atoms with van der Waals surface area (Å²) in [5, 5.41) is 21.6. The Labute approximate surface area is 210 Å². The van der Waals surface area contributed by atoms with E-state index in [0.717, 1.165) is 5.56 Å². The Bertz CT molecular complexity index is 1350. The van der Waals surface area contributed by atoms with Crippen molar-refractivity contribution in [1.82, 2.24) is 0 Å². The highest BCUT2D eigenvalue weighted by molar-refractivity contribution is 6.51. The maximum Gasteiger partial charge on any atom is 0.300 e. The van der Waals surface area contributed by atoms with Crippen LogP contribution in [0.25, 0.3) is 5.76 Å². The molecule has 0 aromatic heterocycles. The van der Waals surface area contributed by atoms with E-state index in [1.54, 1.807) is 61.7 Å². The minimum atomic E-state index is -0.953. The number of phenolic OH excluding ortho intramolecular Hbond substituents is 1. The van der Waals surface area contributed by atoms with Crippen LogP contribution >= 0.6 is 0 Å². The van der Waals surface area contributed by atoms with Crippen molar-refractivity contribution in [1.29, 1.82) is 0 Å². The van der Waals surface area contributed by atoms with E-state index in [0.29, 0.717) is 28.3 Å². The molecule has 0 bridgehead atoms. The molecule has 1 fully saturated rings. The fourth-order valence-corrected chi connectivity index (χ4v) is 4.45. The third-order valence-corrected chi connectivity index (χ3v) is 6.26. The van der Waals surface area contributed by atoms with Crippen LogP contribution in [-0.2, 0) is 15.0 Å². The monoisotopic (exact) mass is 487 g/mol. The van der Waals surface area contributed by atoms with Gasteiger partial charge in [0.05, 0.1) is 25.8 Å². The molecular weight excluding hydrogens is 458 g/mol. The third kappa shape index (κ3) is 4.40. The van der Waals surface area contributed by atoms with Crippen LogP contribution in [0.15, 0.2) is 72.3 Å². The molecule has 3 aromatic rings. The number of methoxy groups -OCH3 is 2. The van der Waals surface area contributed by atoms with Crippen molar-refractivity contribution in [2.24, 2.45) is 0 Å². The second kappa shape index (κ2) is 9.41. The number of amides is 1. The molecule has 1 heterocycles. The number of Topliss-reactive ketones (excluding diaryl/α,β-unsaturated/α-hetero) is 1. The fraction of sp³-hybridized carbons (Fsp3) is 0.241. The van der Waals surface area contributed by atoms with Gasteiger partial charge in [0, 0.05) is 16.8 Å². The number of carbonyl (C=O) groups is 2. The molecular formula is C29H29NO6. The summed E-state index contributed by atoms with van der Waals surface area (Å²) in [4.78, 5) is 28.0. The third-order valence-electron chi connectivity index (χ3n) is 6.26. The average Bonchev–Trinajstić information content (AvgIpc) is 3.13. The Balaban J connectivity index is 1.95. The van der Waals surface area contributed by atoms with Gasteiger partial charge in [-0.2, -0.15) is 0 Å². The number of aromatic hydroxyl groups is 1. The van der Waals surface area contributed by atoms with Gasteiger partial charge in [0.2, 0.25) is 0 Å². The maximum atomic E-state index is 13.4. The minimum Gasteiger partial charge on any atom is -0.508 e. The molecule has 7 nitrogen and oxygen atoms in total. The zero-order valence-electron chi connectivity index (χ0n) is 20.9. The topological polar surface area (TPSA) is 96.3 Å². The van der Waals surface area contributed by atoms with Crippen LogP contribution in [0, 0.1) is 0 Å². The van der Waals surface area contributed by atoms with Gasteiger partial charge < -0.3 is 19.7 Å². The first kappa shape index (κ1) is 24.9. The van der Waals surface area contributed by atoms with E-state index >= 15 is 0 Å². The summed E-state index contributed by atoms with van der Waals surface area (Å²) in [5.74, 6) is -0.665. The van der Waals surface area contributed by atoms with E-state index in [1.165, 1.54) is 24.1 Å². The Kier molecular flexibility index (Phi) is 6.50. The second-order valence-corrected chi connectivity index (χ2v) is 9.63. The number of benzene rings is 3. The van der Waals surface area contributed by atoms with Gasteiger partial charge in [-0.25, -0.2) is 0 Å². The Morgan fingerprint density at radius 3 is 2.19 bits per heavy atom. The summed E-state index contributed by atoms with van der Waals surface area (Å²) in [7, 11) is 3.11. The first-order valence-corrected chi connectivity index (χ1v) is 11.5. The van der Waals surface area contributed by atoms with Gasteiger partial charge in [-0.15, -0.1) is 0 Å². The zero-order chi connectivity index (χ0) is 26.2. The number of ether oxygens (including phenoxy) is 2. The van der Waals surface area contributed by atoms with Crippen molar-refractivity contribution in [3.05, 3.63) is 89.0 Å². The van der Waals surface area contributed by atoms with E-state index in [9.17, 15) is 19.8 Å². The molecule has 186 valence electrons. The van der Waals surface area contributed by atoms with Crippen LogP contribution in [0.1, 0.15) is 43.5 Å². The van der Waals surface area contributed by atoms with Gasteiger partial charge in [0.1, 0.15) is 23.0 Å². The van der Waals surface area contributed by atoms with E-state index in [1.807, 2.05) is 20.8 Å². The predicted molar refractivity (Wildman–Crippen MR) is 138 cm³/mol. The van der Waals surface area contributed by atoms with Crippen LogP contribution in [0.2, 0.25) is 0 Å². The summed E-state index contributed by atoms with van der Waals surface area (Å²) < 4.78 is 10.7. The predicted octanol–water partition coefficient (Wildman–Crippen LogP) is 5.33. The molecule has 1 unspecified atom stereocenters. The summed E-state index contributed by atoms with van der Waals surface area (Å²) in [6.07, 6.45) is 0. The molecule has 1 amide bonds. The normalized spacial score (nSPS) is 17.4. The van der Waals surface area contributed by atoms with Gasteiger partial charge in [0.25, 0.3) is 11.7 Å². The van der Waals surface area contributed by atoms with Crippen LogP contribution in [-0.4, -0.2) is 36.1 Å². The molecule has 0 radical (unpaired) electrons. The van der Waals surface area contributed by atoms with Crippen LogP contribution in [0.5, 0.6) is 17.2 Å². The SMILES string of the molecule is COc1ccc(N2C(=O)C(=O)/C(=C(\O)c3ccc(OC)c(C(C)(C)C)c3)C2c2cccc(O)c2)cc1. The maximum absolute atomic E-state index is 13.4. The number of ketones is 1. The van der Waals surface area contributed by atoms with Gasteiger partial charge in [0.15, 0.2) is 0 Å². The highest BCUT2D eigenvalue weighted by Crippen LogP contribution is 2.44. The highest BCUT2D eigenvalue weighted by Gasteiger charge is 2.47. The number of rotatable bonds is 5. The zero-order valence-corrected chi connectivity index (χ0v) is 20.9. The Morgan fingerprint density at radius 1 is 0.917 bits per heavy atom. The lowest BCUT2D eigenvalue weighted by atomic mass is 9.84. The van der Waals surface area contributed by atoms with E-state index in [2.05, 4.69) is 0 Å². The smallest absolute Gasteiger partial charge is 0.300 e. The number of hydrogen-bond acceptors (Lipinski definition) is 6. The number of carbonyl (C=O) groups excluding carboxylic acids is 2. The van der Waals surface area contributed by atoms with Gasteiger partial charge in [-0.3, -0.25) is 14.5 Å². The summed E-state index contributed by atoms with van der Waals surface area (Å²) in [6.45, 7) is 6.05. The summed E-state index contributed by atoms with van der Waals surface area (Å²) in [6, 6.07) is 17.2. The number of nitrogens with zero attached hydrogens (tertiary/aromatic N) is 1. The molecule has 0 aliphatic carbocycles. The quantitative estimate of drug-likeness (QED) is 0.287. The van der Waals surface area contributed by atoms with Crippen molar-refractivity contribution < 1.29 is 29.3 Å². The first-order valence-electron chi connectivity index (χ1n) is 11.5. The first-order chi connectivity index (χ1) is 17.1. The molecule has 1 aliphatic heterocycles. The van der Waals surface area contributed by atoms with Crippen molar-refractivity contribution in [3.63, 3.8) is 0 Å². The molecule has 3 aromatic carbocycles. The largest absolute Gasteiger partial charge is 0.508 e. The lowest BCUT2D eigenvalue weighted by Gasteiger charge is -2.26. The fourth-order valence-electron chi connectivity index (χ4n) is 4.45. The summed E-state index contributed by atoms with van der Waals surface area (Å²) in [5.41, 5.74) is 1.80. The van der Waals surface area contributed by atoms with Crippen molar-refractivity contribution >= 4 is 23.1 Å². The number of aliphatic hydroxyl groups excluding tert-OH is 1. The lowest BCUT2D eigenvalue weighted by Crippen LogP contribution is -2.29. The number of phenols is 1. The molecule has 2 N–H and O–H groups in total. The van der Waals surface area contributed by atoms with Gasteiger partial charge in [-0.05, 0) is 65.6 Å². The standard InChI is InChI=1S/C29H29NO6/c1-29(2,3)22-16-18(9-14-23(22)36-5)26(32)24-25(17-7-6-8-20(31)15-17)30(28(34)27(24)33)19-10-12-21(35-4)13-11-19/h6-16,25,31-32H,1-5H3/b26-24-. The Hall–Kier alpha value is -4.26. The van der Waals surface area contributed by atoms with Crippen LogP contribution < -0.4 is 14.4 Å². The highest BCUT2D eigenvalue weighted by atomic mass is 16.5. The van der Waals surface area contributed by atoms with E-state index < -0.39 is 17.7 Å². The molecule has 4 rings (SSSR count). The number of anilines is 1.